The van der Waals surface area contributed by atoms with Gasteiger partial charge < -0.3 is 34.4 Å². The molecule has 2 saturated heterocycles. The van der Waals surface area contributed by atoms with Gasteiger partial charge in [-0.05, 0) is 74.4 Å². The van der Waals surface area contributed by atoms with E-state index in [0.29, 0.717) is 40.3 Å². The van der Waals surface area contributed by atoms with Gasteiger partial charge in [0, 0.05) is 73.3 Å². The van der Waals surface area contributed by atoms with Crippen molar-refractivity contribution < 1.29 is 24.3 Å². The van der Waals surface area contributed by atoms with E-state index in [4.69, 9.17) is 14.5 Å². The molecule has 2 amide bonds. The van der Waals surface area contributed by atoms with Gasteiger partial charge in [-0.1, -0.05) is 55.4 Å². The van der Waals surface area contributed by atoms with E-state index >= 15 is 0 Å². The van der Waals surface area contributed by atoms with E-state index < -0.39 is 18.1 Å². The largest absolute Gasteiger partial charge is 0.507 e. The monoisotopic (exact) mass is 878 g/mol. The molecule has 10 rings (SSSR count). The van der Waals surface area contributed by atoms with Crippen molar-refractivity contribution in [2.24, 2.45) is 5.92 Å². The topological polar surface area (TPSA) is 189 Å². The number of nitrogens with one attached hydrogen (secondary N) is 1. The Bertz CT molecular complexity index is 2830. The Kier molecular flexibility index (Phi) is 10.9. The molecule has 15 nitrogen and oxygen atoms in total. The first-order chi connectivity index (χ1) is 31.0. The van der Waals surface area contributed by atoms with Crippen LogP contribution in [0.15, 0.2) is 89.2 Å². The van der Waals surface area contributed by atoms with Gasteiger partial charge in [0.2, 0.25) is 17.8 Å². The fraction of sp³-hybridized carbons (Fsp3) is 0.375. The molecule has 64 heavy (non-hydrogen) atoms. The van der Waals surface area contributed by atoms with Crippen molar-refractivity contribution >= 4 is 40.1 Å². The number of nitrogens with zero attached hydrogens (tertiary/aromatic N) is 9. The molecular weight excluding hydrogens is 829 g/mol. The first-order valence-electron chi connectivity index (χ1n) is 22.0. The molecule has 2 aliphatic heterocycles. The highest BCUT2D eigenvalue weighted by Gasteiger charge is 2.44. The number of phenols is 1. The van der Waals surface area contributed by atoms with Crippen LogP contribution in [-0.4, -0.2) is 93.6 Å². The number of amides is 2. The zero-order valence-corrected chi connectivity index (χ0v) is 36.9. The van der Waals surface area contributed by atoms with Crippen LogP contribution in [0.5, 0.6) is 5.75 Å². The fourth-order valence-electron chi connectivity index (χ4n) is 9.40. The van der Waals surface area contributed by atoms with Crippen LogP contribution in [0, 0.1) is 12.8 Å². The number of fused-ring (bicyclic) bond motifs is 1. The molecule has 16 heteroatoms. The number of aliphatic hydroxyl groups excluding tert-OH is 1. The minimum absolute atomic E-state index is 0.0442. The minimum Gasteiger partial charge on any atom is -0.507 e. The lowest BCUT2D eigenvalue weighted by Crippen LogP contribution is -2.48. The lowest BCUT2D eigenvalue weighted by molar-refractivity contribution is -0.141. The van der Waals surface area contributed by atoms with Gasteiger partial charge in [0.05, 0.1) is 39.4 Å². The molecule has 2 aromatic carbocycles. The van der Waals surface area contributed by atoms with Crippen molar-refractivity contribution in [1.82, 2.24) is 45.1 Å². The van der Waals surface area contributed by atoms with Crippen LogP contribution < -0.4 is 10.2 Å². The van der Waals surface area contributed by atoms with Crippen molar-refractivity contribution in [3.05, 3.63) is 107 Å². The number of aromatic hydroxyl groups is 1. The molecule has 1 aliphatic carbocycles. The van der Waals surface area contributed by atoms with Gasteiger partial charge in [-0.15, -0.1) is 21.5 Å². The maximum absolute atomic E-state index is 14.3. The summed E-state index contributed by atoms with van der Waals surface area (Å²) in [5.41, 5.74) is 10.4. The van der Waals surface area contributed by atoms with Crippen LogP contribution in [-0.2, 0) is 9.59 Å². The van der Waals surface area contributed by atoms with E-state index in [2.05, 4.69) is 41.2 Å². The average molecular weight is 879 g/mol. The second-order valence-electron chi connectivity index (χ2n) is 17.7. The second kappa shape index (κ2) is 16.9. The van der Waals surface area contributed by atoms with Crippen LogP contribution in [0.3, 0.4) is 0 Å². The molecule has 5 atom stereocenters. The maximum atomic E-state index is 14.3. The number of β-amino-alcohol motifs (C(OH)–C–C–N with tert-alkyl or cyclic N) is 1. The number of para-hydroxylation sites is 1. The number of anilines is 1. The van der Waals surface area contributed by atoms with Gasteiger partial charge in [0.15, 0.2) is 0 Å². The first-order valence-corrected chi connectivity index (χ1v) is 22.9. The van der Waals surface area contributed by atoms with Crippen molar-refractivity contribution in [3.8, 4) is 38.7 Å². The summed E-state index contributed by atoms with van der Waals surface area (Å²) in [6.45, 7) is 9.34. The zero-order valence-electron chi connectivity index (χ0n) is 36.1. The first kappa shape index (κ1) is 41.5. The summed E-state index contributed by atoms with van der Waals surface area (Å²) in [5, 5.41) is 37.7. The van der Waals surface area contributed by atoms with Crippen molar-refractivity contribution in [3.63, 3.8) is 0 Å². The third-order valence-electron chi connectivity index (χ3n) is 12.9. The number of carbonyl (C=O) groups is 2. The minimum atomic E-state index is -0.840. The molecule has 0 unspecified atom stereocenters. The van der Waals surface area contributed by atoms with Crippen molar-refractivity contribution in [2.75, 3.05) is 24.5 Å². The Hall–Kier alpha value is -6.52. The lowest BCUT2D eigenvalue weighted by atomic mass is 9.91. The van der Waals surface area contributed by atoms with Gasteiger partial charge in [0.25, 0.3) is 0 Å². The third kappa shape index (κ3) is 7.89. The zero-order chi connectivity index (χ0) is 44.2. The molecule has 3 fully saturated rings. The molecule has 0 bridgehead atoms. The standard InChI is InChI=1S/C48H50N10O5S/c1-26(2)44(47(62)57-24-34(59)17-41(57)46(61)52-27(3)29-9-11-30(12-10-29)45-28(4)51-25-64-45)43-20-36(55-63-43)32-21-49-48(50-22-32)56-16-15-31(23-56)39-19-38-40(58(39)33-13-14-33)18-37(53-54-38)35-7-5-6-8-42(35)60/h5-12,18-22,25-27,31,33-34,41,44,59-60H,13-17,23-24H2,1-4H3,(H,52,61)/t27-,31+,34+,41-,44+/m0/s1. The highest BCUT2D eigenvalue weighted by atomic mass is 32.1. The Morgan fingerprint density at radius 1 is 0.906 bits per heavy atom. The van der Waals surface area contributed by atoms with Crippen LogP contribution in [0.25, 0.3) is 44.0 Å². The number of thiazole rings is 1. The lowest BCUT2D eigenvalue weighted by Gasteiger charge is -2.29. The summed E-state index contributed by atoms with van der Waals surface area (Å²) in [5.74, 6) is -0.132. The van der Waals surface area contributed by atoms with E-state index in [-0.39, 0.29) is 48.4 Å². The molecular formula is C48H50N10O5S. The molecule has 7 heterocycles. The Morgan fingerprint density at radius 3 is 2.41 bits per heavy atom. The van der Waals surface area contributed by atoms with Crippen molar-refractivity contribution in [1.29, 1.82) is 0 Å². The van der Waals surface area contributed by atoms with Crippen LogP contribution in [0.2, 0.25) is 0 Å². The molecule has 3 N–H and O–H groups in total. The number of rotatable bonds is 12. The number of aliphatic hydroxyl groups is 1. The molecule has 1 saturated carbocycles. The number of aromatic nitrogens is 7. The highest BCUT2D eigenvalue weighted by molar-refractivity contribution is 7.13. The van der Waals surface area contributed by atoms with Gasteiger partial charge >= 0.3 is 0 Å². The predicted molar refractivity (Wildman–Crippen MR) is 243 cm³/mol. The van der Waals surface area contributed by atoms with E-state index in [9.17, 15) is 19.8 Å². The summed E-state index contributed by atoms with van der Waals surface area (Å²) in [7, 11) is 0. The second-order valence-corrected chi connectivity index (χ2v) is 18.6. The number of likely N-dealkylation sites (tertiary alicyclic amines) is 1. The Balaban J connectivity index is 0.807. The summed E-state index contributed by atoms with van der Waals surface area (Å²) in [6.07, 6.45) is 5.93. The highest BCUT2D eigenvalue weighted by Crippen LogP contribution is 2.44. The van der Waals surface area contributed by atoms with Gasteiger partial charge in [-0.25, -0.2) is 15.0 Å². The summed E-state index contributed by atoms with van der Waals surface area (Å²) < 4.78 is 8.28. The van der Waals surface area contributed by atoms with E-state index in [1.165, 1.54) is 10.6 Å². The number of phenolic OH excluding ortho intramolecular Hbond substituents is 1. The van der Waals surface area contributed by atoms with Crippen LogP contribution >= 0.6 is 11.3 Å². The Morgan fingerprint density at radius 2 is 1.69 bits per heavy atom. The third-order valence-corrected chi connectivity index (χ3v) is 13.9. The number of benzene rings is 2. The number of carbonyl (C=O) groups excluding carboxylic acids is 2. The number of hydrogen-bond acceptors (Lipinski definition) is 13. The predicted octanol–water partition coefficient (Wildman–Crippen LogP) is 7.59. The normalized spacial score (nSPS) is 19.8. The van der Waals surface area contributed by atoms with Crippen molar-refractivity contribution in [2.45, 2.75) is 89.4 Å². The summed E-state index contributed by atoms with van der Waals surface area (Å²) in [6, 6.07) is 20.5. The Labute approximate surface area is 374 Å². The SMILES string of the molecule is Cc1ncsc1-c1ccc([C@H](C)NC(=O)[C@@H]2C[C@@H](O)CN2C(=O)[C@@H](c2cc(-c3cnc(N4CC[C@@H](c5cc6nnc(-c7ccccc7O)cc6n5C5CC5)C4)nc3)no2)C(C)C)cc1. The maximum Gasteiger partial charge on any atom is 0.243 e. The summed E-state index contributed by atoms with van der Waals surface area (Å²) in [4.78, 5) is 46.8. The molecule has 328 valence electrons. The molecule has 7 aromatic rings. The van der Waals surface area contributed by atoms with Gasteiger partial charge in [-0.2, -0.15) is 0 Å². The smallest absolute Gasteiger partial charge is 0.243 e. The van der Waals surface area contributed by atoms with E-state index in [1.54, 1.807) is 41.9 Å². The average Bonchev–Trinajstić information content (AvgIpc) is 3.81. The number of aryl methyl sites for hydroxylation is 1. The van der Waals surface area contributed by atoms with Crippen LogP contribution in [0.4, 0.5) is 5.95 Å². The van der Waals surface area contributed by atoms with Gasteiger partial charge in [-0.3, -0.25) is 9.59 Å². The fourth-order valence-corrected chi connectivity index (χ4v) is 10.2. The molecule has 0 spiro atoms. The quantitative estimate of drug-likeness (QED) is 0.109. The van der Waals surface area contributed by atoms with E-state index in [0.717, 1.165) is 65.1 Å². The summed E-state index contributed by atoms with van der Waals surface area (Å²) >= 11 is 1.59. The molecule has 5 aromatic heterocycles. The molecule has 3 aliphatic rings. The number of hydrogen-bond donors (Lipinski definition) is 3. The molecule has 0 radical (unpaired) electrons. The van der Waals surface area contributed by atoms with Crippen LogP contribution in [0.1, 0.15) is 93.1 Å². The van der Waals surface area contributed by atoms with Gasteiger partial charge in [0.1, 0.15) is 34.7 Å². The van der Waals surface area contributed by atoms with E-state index in [1.807, 2.05) is 75.7 Å².